The van der Waals surface area contributed by atoms with E-state index in [0.717, 1.165) is 22.5 Å². The molecule has 0 saturated heterocycles. The molecule has 178 valence electrons. The van der Waals surface area contributed by atoms with Crippen molar-refractivity contribution in [1.82, 2.24) is 9.88 Å². The molecule has 3 aromatic carbocycles. The average molecular weight is 468 g/mol. The van der Waals surface area contributed by atoms with Crippen molar-refractivity contribution >= 4 is 11.7 Å². The molecule has 6 heteroatoms. The first-order valence-electron chi connectivity index (χ1n) is 11.6. The molecular weight excluding hydrogens is 438 g/mol. The van der Waals surface area contributed by atoms with Crippen LogP contribution in [0.2, 0.25) is 0 Å². The second-order valence-electron chi connectivity index (χ2n) is 8.05. The highest BCUT2D eigenvalue weighted by molar-refractivity contribution is 5.89. The predicted molar refractivity (Wildman–Crippen MR) is 138 cm³/mol. The molecule has 0 spiro atoms. The molecule has 0 atom stereocenters. The van der Waals surface area contributed by atoms with Gasteiger partial charge in [0.1, 0.15) is 6.61 Å². The van der Waals surface area contributed by atoms with Crippen LogP contribution in [0.1, 0.15) is 16.8 Å². The van der Waals surface area contributed by atoms with E-state index in [1.165, 1.54) is 0 Å². The number of benzene rings is 3. The SMILES string of the molecule is COc1ccc(CN(CCc2ccccn2)C(=O)Nc2ccccc2)cc1OCc1ccccc1. The molecule has 1 aromatic heterocycles. The largest absolute Gasteiger partial charge is 0.493 e. The normalized spacial score (nSPS) is 10.4. The fourth-order valence-corrected chi connectivity index (χ4v) is 3.66. The molecule has 0 aliphatic heterocycles. The first-order valence-corrected chi connectivity index (χ1v) is 11.6. The topological polar surface area (TPSA) is 63.7 Å². The third-order valence-corrected chi connectivity index (χ3v) is 5.51. The molecule has 2 amide bonds. The van der Waals surface area contributed by atoms with Gasteiger partial charge in [0, 0.05) is 37.1 Å². The molecular formula is C29H29N3O3. The summed E-state index contributed by atoms with van der Waals surface area (Å²) in [7, 11) is 1.62. The van der Waals surface area contributed by atoms with Gasteiger partial charge in [0.25, 0.3) is 0 Å². The van der Waals surface area contributed by atoms with Crippen molar-refractivity contribution in [3.8, 4) is 11.5 Å². The zero-order chi connectivity index (χ0) is 24.3. The summed E-state index contributed by atoms with van der Waals surface area (Å²) >= 11 is 0. The van der Waals surface area contributed by atoms with Crippen LogP contribution in [0.4, 0.5) is 10.5 Å². The van der Waals surface area contributed by atoms with Gasteiger partial charge in [-0.15, -0.1) is 0 Å². The van der Waals surface area contributed by atoms with Crippen LogP contribution in [-0.4, -0.2) is 29.6 Å². The molecule has 35 heavy (non-hydrogen) atoms. The van der Waals surface area contributed by atoms with E-state index in [0.29, 0.717) is 37.6 Å². The number of para-hydroxylation sites is 1. The predicted octanol–water partition coefficient (Wildman–Crippen LogP) is 5.95. The van der Waals surface area contributed by atoms with Crippen LogP contribution in [0.5, 0.6) is 11.5 Å². The summed E-state index contributed by atoms with van der Waals surface area (Å²) in [4.78, 5) is 19.4. The van der Waals surface area contributed by atoms with Gasteiger partial charge in [-0.3, -0.25) is 4.98 Å². The monoisotopic (exact) mass is 467 g/mol. The lowest BCUT2D eigenvalue weighted by Gasteiger charge is -2.24. The van der Waals surface area contributed by atoms with Gasteiger partial charge in [-0.25, -0.2) is 4.79 Å². The van der Waals surface area contributed by atoms with E-state index in [1.807, 2.05) is 97.1 Å². The number of nitrogens with zero attached hydrogens (tertiary/aromatic N) is 2. The maximum Gasteiger partial charge on any atom is 0.322 e. The molecule has 1 heterocycles. The molecule has 6 nitrogen and oxygen atoms in total. The van der Waals surface area contributed by atoms with Gasteiger partial charge in [0.05, 0.1) is 7.11 Å². The van der Waals surface area contributed by atoms with Gasteiger partial charge in [-0.1, -0.05) is 60.7 Å². The van der Waals surface area contributed by atoms with Crippen molar-refractivity contribution in [3.05, 3.63) is 120 Å². The van der Waals surface area contributed by atoms with Crippen molar-refractivity contribution in [2.24, 2.45) is 0 Å². The summed E-state index contributed by atoms with van der Waals surface area (Å²) in [5.41, 5.74) is 3.70. The third kappa shape index (κ3) is 7.08. The second-order valence-corrected chi connectivity index (χ2v) is 8.05. The molecule has 0 fully saturated rings. The van der Waals surface area contributed by atoms with E-state index in [1.54, 1.807) is 18.2 Å². The van der Waals surface area contributed by atoms with Crippen LogP contribution in [0.25, 0.3) is 0 Å². The quantitative estimate of drug-likeness (QED) is 0.313. The van der Waals surface area contributed by atoms with Crippen LogP contribution in [-0.2, 0) is 19.6 Å². The highest BCUT2D eigenvalue weighted by Crippen LogP contribution is 2.29. The average Bonchev–Trinajstić information content (AvgIpc) is 2.91. The number of nitrogens with one attached hydrogen (secondary N) is 1. The van der Waals surface area contributed by atoms with E-state index in [9.17, 15) is 4.79 Å². The molecule has 4 rings (SSSR count). The fourth-order valence-electron chi connectivity index (χ4n) is 3.66. The number of urea groups is 1. The number of methoxy groups -OCH3 is 1. The molecule has 0 radical (unpaired) electrons. The van der Waals surface area contributed by atoms with Crippen LogP contribution in [0, 0.1) is 0 Å². The Hall–Kier alpha value is -4.32. The smallest absolute Gasteiger partial charge is 0.322 e. The number of rotatable bonds is 10. The van der Waals surface area contributed by atoms with E-state index in [2.05, 4.69) is 10.3 Å². The van der Waals surface area contributed by atoms with E-state index < -0.39 is 0 Å². The molecule has 1 N–H and O–H groups in total. The maximum atomic E-state index is 13.2. The Morgan fingerprint density at radius 1 is 0.857 bits per heavy atom. The Balaban J connectivity index is 1.50. The number of carbonyl (C=O) groups is 1. The lowest BCUT2D eigenvalue weighted by Crippen LogP contribution is -2.36. The Kier molecular flexibility index (Phi) is 8.32. The van der Waals surface area contributed by atoms with Crippen molar-refractivity contribution in [3.63, 3.8) is 0 Å². The lowest BCUT2D eigenvalue weighted by molar-refractivity contribution is 0.209. The number of pyridine rings is 1. The van der Waals surface area contributed by atoms with Gasteiger partial charge in [0.15, 0.2) is 11.5 Å². The zero-order valence-corrected chi connectivity index (χ0v) is 19.8. The molecule has 0 aliphatic carbocycles. The Morgan fingerprint density at radius 3 is 2.31 bits per heavy atom. The van der Waals surface area contributed by atoms with Gasteiger partial charge in [0.2, 0.25) is 0 Å². The molecule has 0 saturated carbocycles. The molecule has 0 bridgehead atoms. The van der Waals surface area contributed by atoms with Crippen LogP contribution in [0.3, 0.4) is 0 Å². The van der Waals surface area contributed by atoms with E-state index in [-0.39, 0.29) is 6.03 Å². The number of hydrogen-bond donors (Lipinski definition) is 1. The first-order chi connectivity index (χ1) is 17.2. The summed E-state index contributed by atoms with van der Waals surface area (Å²) in [5, 5.41) is 2.99. The van der Waals surface area contributed by atoms with Gasteiger partial charge < -0.3 is 19.7 Å². The summed E-state index contributed by atoms with van der Waals surface area (Å²) in [6.07, 6.45) is 2.42. The standard InChI is InChI=1S/C29H29N3O3/c1-34-27-16-15-24(20-28(27)35-22-23-10-4-2-5-11-23)21-32(19-17-25-12-8-9-18-30-25)29(33)31-26-13-6-3-7-14-26/h2-16,18,20H,17,19,21-22H2,1H3,(H,31,33). The number of amides is 2. The van der Waals surface area contributed by atoms with E-state index >= 15 is 0 Å². The summed E-state index contributed by atoms with van der Waals surface area (Å²) < 4.78 is 11.6. The fraction of sp³-hybridized carbons (Fsp3) is 0.172. The highest BCUT2D eigenvalue weighted by Gasteiger charge is 2.16. The molecule has 0 aliphatic rings. The molecule has 0 unspecified atom stereocenters. The van der Waals surface area contributed by atoms with Crippen LogP contribution < -0.4 is 14.8 Å². The minimum Gasteiger partial charge on any atom is -0.493 e. The van der Waals surface area contributed by atoms with E-state index in [4.69, 9.17) is 9.47 Å². The number of hydrogen-bond acceptors (Lipinski definition) is 4. The number of aromatic nitrogens is 1. The minimum absolute atomic E-state index is 0.172. The van der Waals surface area contributed by atoms with Crippen LogP contribution >= 0.6 is 0 Å². The van der Waals surface area contributed by atoms with Crippen molar-refractivity contribution in [2.75, 3.05) is 19.0 Å². The van der Waals surface area contributed by atoms with Gasteiger partial charge in [-0.2, -0.15) is 0 Å². The zero-order valence-electron chi connectivity index (χ0n) is 19.8. The minimum atomic E-state index is -0.172. The number of anilines is 1. The Labute approximate surface area is 206 Å². The van der Waals surface area contributed by atoms with Crippen molar-refractivity contribution in [1.29, 1.82) is 0 Å². The lowest BCUT2D eigenvalue weighted by atomic mass is 10.1. The van der Waals surface area contributed by atoms with Gasteiger partial charge >= 0.3 is 6.03 Å². The highest BCUT2D eigenvalue weighted by atomic mass is 16.5. The third-order valence-electron chi connectivity index (χ3n) is 5.51. The maximum absolute atomic E-state index is 13.2. The van der Waals surface area contributed by atoms with Crippen LogP contribution in [0.15, 0.2) is 103 Å². The number of carbonyl (C=O) groups excluding carboxylic acids is 1. The summed E-state index contributed by atoms with van der Waals surface area (Å²) in [5.74, 6) is 1.29. The summed E-state index contributed by atoms with van der Waals surface area (Å²) in [6.45, 7) is 1.36. The first kappa shape index (κ1) is 23.8. The summed E-state index contributed by atoms with van der Waals surface area (Å²) in [6, 6.07) is 30.8. The second kappa shape index (κ2) is 12.2. The Bertz CT molecular complexity index is 1200. The number of ether oxygens (including phenoxy) is 2. The molecule has 4 aromatic rings. The Morgan fingerprint density at radius 2 is 1.60 bits per heavy atom. The van der Waals surface area contributed by atoms with Gasteiger partial charge in [-0.05, 0) is 47.5 Å². The van der Waals surface area contributed by atoms with Crippen molar-refractivity contribution in [2.45, 2.75) is 19.6 Å². The van der Waals surface area contributed by atoms with Crippen molar-refractivity contribution < 1.29 is 14.3 Å².